The standard InChI is InChI=1S/C21H26N6O/c1-16-4-5-17-15-19(25-18(17)14-16)20(28)22-8-3-9-26-10-12-27(13-11-26)21-23-6-2-7-24-21/h2,4-7,14-15,25H,3,8-13H2,1H3,(H,22,28). The van der Waals surface area contributed by atoms with Gasteiger partial charge in [0.25, 0.3) is 5.91 Å². The van der Waals surface area contributed by atoms with Crippen molar-refractivity contribution in [2.75, 3.05) is 44.2 Å². The van der Waals surface area contributed by atoms with Crippen LogP contribution in [-0.4, -0.2) is 65.0 Å². The zero-order valence-electron chi connectivity index (χ0n) is 16.2. The molecule has 0 bridgehead atoms. The number of amides is 1. The molecular formula is C21H26N6O. The van der Waals surface area contributed by atoms with E-state index in [0.717, 1.165) is 56.0 Å². The zero-order chi connectivity index (χ0) is 19.3. The molecule has 3 aromatic rings. The van der Waals surface area contributed by atoms with Gasteiger partial charge in [-0.2, -0.15) is 0 Å². The maximum absolute atomic E-state index is 12.4. The molecule has 2 aromatic heterocycles. The largest absolute Gasteiger partial charge is 0.351 e. The summed E-state index contributed by atoms with van der Waals surface area (Å²) >= 11 is 0. The summed E-state index contributed by atoms with van der Waals surface area (Å²) in [6, 6.07) is 9.91. The summed E-state index contributed by atoms with van der Waals surface area (Å²) < 4.78 is 0. The first kappa shape index (κ1) is 18.4. The monoisotopic (exact) mass is 378 g/mol. The zero-order valence-corrected chi connectivity index (χ0v) is 16.2. The van der Waals surface area contributed by atoms with Crippen LogP contribution in [0.5, 0.6) is 0 Å². The molecular weight excluding hydrogens is 352 g/mol. The number of aromatic amines is 1. The number of rotatable bonds is 6. The number of piperazine rings is 1. The molecule has 28 heavy (non-hydrogen) atoms. The fraction of sp³-hybridized carbons (Fsp3) is 0.381. The molecule has 7 heteroatoms. The Balaban J connectivity index is 1.19. The van der Waals surface area contributed by atoms with Gasteiger partial charge in [0, 0.05) is 56.0 Å². The quantitative estimate of drug-likeness (QED) is 0.643. The highest BCUT2D eigenvalue weighted by molar-refractivity contribution is 5.98. The van der Waals surface area contributed by atoms with Gasteiger partial charge < -0.3 is 15.2 Å². The Morgan fingerprint density at radius 2 is 1.93 bits per heavy atom. The first-order chi connectivity index (χ1) is 13.7. The summed E-state index contributed by atoms with van der Waals surface area (Å²) in [5.41, 5.74) is 2.81. The Labute approximate surface area is 164 Å². The van der Waals surface area contributed by atoms with E-state index in [9.17, 15) is 4.79 Å². The van der Waals surface area contributed by atoms with Crippen LogP contribution >= 0.6 is 0 Å². The molecule has 1 amide bonds. The molecule has 0 aliphatic carbocycles. The number of aryl methyl sites for hydroxylation is 1. The van der Waals surface area contributed by atoms with Gasteiger partial charge in [-0.1, -0.05) is 12.1 Å². The van der Waals surface area contributed by atoms with Crippen LogP contribution in [0.3, 0.4) is 0 Å². The summed E-state index contributed by atoms with van der Waals surface area (Å²) in [7, 11) is 0. The summed E-state index contributed by atoms with van der Waals surface area (Å²) in [6.45, 7) is 7.56. The molecule has 4 rings (SSSR count). The molecule has 146 valence electrons. The molecule has 0 unspecified atom stereocenters. The first-order valence-electron chi connectivity index (χ1n) is 9.81. The lowest BCUT2D eigenvalue weighted by Gasteiger charge is -2.34. The fourth-order valence-corrected chi connectivity index (χ4v) is 3.59. The number of anilines is 1. The number of nitrogens with one attached hydrogen (secondary N) is 2. The molecule has 1 fully saturated rings. The van der Waals surface area contributed by atoms with Crippen molar-refractivity contribution in [3.05, 3.63) is 54.0 Å². The predicted molar refractivity (Wildman–Crippen MR) is 111 cm³/mol. The Morgan fingerprint density at radius 1 is 1.14 bits per heavy atom. The van der Waals surface area contributed by atoms with Crippen molar-refractivity contribution in [2.45, 2.75) is 13.3 Å². The predicted octanol–water partition coefficient (Wildman–Crippen LogP) is 2.21. The summed E-state index contributed by atoms with van der Waals surface area (Å²) in [5, 5.41) is 4.09. The average molecular weight is 378 g/mol. The molecule has 7 nitrogen and oxygen atoms in total. The van der Waals surface area contributed by atoms with Crippen molar-refractivity contribution < 1.29 is 4.79 Å². The molecule has 0 spiro atoms. The molecule has 1 aromatic carbocycles. The average Bonchev–Trinajstić information content (AvgIpc) is 3.15. The van der Waals surface area contributed by atoms with Crippen LogP contribution in [0.1, 0.15) is 22.5 Å². The number of benzene rings is 1. The van der Waals surface area contributed by atoms with E-state index < -0.39 is 0 Å². The third-order valence-electron chi connectivity index (χ3n) is 5.17. The number of H-pyrrole nitrogens is 1. The van der Waals surface area contributed by atoms with E-state index in [1.807, 2.05) is 25.1 Å². The summed E-state index contributed by atoms with van der Waals surface area (Å²) in [6.07, 6.45) is 4.50. The lowest BCUT2D eigenvalue weighted by atomic mass is 10.2. The molecule has 0 radical (unpaired) electrons. The SMILES string of the molecule is Cc1ccc2cc(C(=O)NCCCN3CCN(c4ncccn4)CC3)[nH]c2c1. The summed E-state index contributed by atoms with van der Waals surface area (Å²) in [4.78, 5) is 28.9. The highest BCUT2D eigenvalue weighted by Crippen LogP contribution is 2.16. The van der Waals surface area contributed by atoms with Gasteiger partial charge in [0.2, 0.25) is 5.95 Å². The van der Waals surface area contributed by atoms with Gasteiger partial charge in [-0.3, -0.25) is 9.69 Å². The van der Waals surface area contributed by atoms with Gasteiger partial charge in [-0.15, -0.1) is 0 Å². The van der Waals surface area contributed by atoms with Crippen molar-refractivity contribution in [1.82, 2.24) is 25.2 Å². The maximum Gasteiger partial charge on any atom is 0.267 e. The van der Waals surface area contributed by atoms with Crippen molar-refractivity contribution in [1.29, 1.82) is 0 Å². The third-order valence-corrected chi connectivity index (χ3v) is 5.17. The van der Waals surface area contributed by atoms with Crippen LogP contribution < -0.4 is 10.2 Å². The molecule has 0 atom stereocenters. The highest BCUT2D eigenvalue weighted by Gasteiger charge is 2.18. The minimum absolute atomic E-state index is 0.0418. The number of hydrogen-bond acceptors (Lipinski definition) is 5. The van der Waals surface area contributed by atoms with E-state index in [0.29, 0.717) is 12.2 Å². The lowest BCUT2D eigenvalue weighted by Crippen LogP contribution is -2.47. The van der Waals surface area contributed by atoms with E-state index in [4.69, 9.17) is 0 Å². The normalized spacial score (nSPS) is 15.1. The van der Waals surface area contributed by atoms with Crippen molar-refractivity contribution in [2.24, 2.45) is 0 Å². The van der Waals surface area contributed by atoms with Crippen LogP contribution in [0, 0.1) is 6.92 Å². The number of carbonyl (C=O) groups is 1. The molecule has 2 N–H and O–H groups in total. The van der Waals surface area contributed by atoms with E-state index >= 15 is 0 Å². The van der Waals surface area contributed by atoms with Gasteiger partial charge in [-0.25, -0.2) is 9.97 Å². The van der Waals surface area contributed by atoms with Crippen LogP contribution in [0.4, 0.5) is 5.95 Å². The first-order valence-corrected chi connectivity index (χ1v) is 9.81. The molecule has 1 aliphatic heterocycles. The Hall–Kier alpha value is -2.93. The minimum atomic E-state index is -0.0418. The molecule has 0 saturated carbocycles. The van der Waals surface area contributed by atoms with E-state index in [1.54, 1.807) is 12.4 Å². The Bertz CT molecular complexity index is 930. The van der Waals surface area contributed by atoms with Crippen molar-refractivity contribution >= 4 is 22.8 Å². The highest BCUT2D eigenvalue weighted by atomic mass is 16.1. The van der Waals surface area contributed by atoms with E-state index in [2.05, 4.69) is 42.2 Å². The van der Waals surface area contributed by atoms with Crippen LogP contribution in [-0.2, 0) is 0 Å². The van der Waals surface area contributed by atoms with Gasteiger partial charge in [0.05, 0.1) is 0 Å². The van der Waals surface area contributed by atoms with Gasteiger partial charge in [0.15, 0.2) is 0 Å². The number of carbonyl (C=O) groups excluding carboxylic acids is 1. The number of hydrogen-bond donors (Lipinski definition) is 2. The van der Waals surface area contributed by atoms with E-state index in [-0.39, 0.29) is 5.91 Å². The molecule has 1 aliphatic rings. The maximum atomic E-state index is 12.4. The van der Waals surface area contributed by atoms with Crippen LogP contribution in [0.2, 0.25) is 0 Å². The van der Waals surface area contributed by atoms with Gasteiger partial charge in [-0.05, 0) is 43.7 Å². The lowest BCUT2D eigenvalue weighted by molar-refractivity contribution is 0.0947. The third kappa shape index (κ3) is 4.31. The second-order valence-corrected chi connectivity index (χ2v) is 7.26. The van der Waals surface area contributed by atoms with Gasteiger partial charge in [0.1, 0.15) is 5.69 Å². The Kier molecular flexibility index (Phi) is 5.53. The van der Waals surface area contributed by atoms with Gasteiger partial charge >= 0.3 is 0 Å². The van der Waals surface area contributed by atoms with Crippen molar-refractivity contribution in [3.8, 4) is 0 Å². The molecule has 3 heterocycles. The van der Waals surface area contributed by atoms with E-state index in [1.165, 1.54) is 5.56 Å². The van der Waals surface area contributed by atoms with Crippen LogP contribution in [0.15, 0.2) is 42.7 Å². The molecule has 1 saturated heterocycles. The second kappa shape index (κ2) is 8.39. The van der Waals surface area contributed by atoms with Crippen LogP contribution in [0.25, 0.3) is 10.9 Å². The number of aromatic nitrogens is 3. The number of fused-ring (bicyclic) bond motifs is 1. The topological polar surface area (TPSA) is 77.2 Å². The second-order valence-electron chi connectivity index (χ2n) is 7.26. The smallest absolute Gasteiger partial charge is 0.267 e. The summed E-state index contributed by atoms with van der Waals surface area (Å²) in [5.74, 6) is 0.767. The minimum Gasteiger partial charge on any atom is -0.351 e. The Morgan fingerprint density at radius 3 is 2.71 bits per heavy atom. The number of nitrogens with zero attached hydrogens (tertiary/aromatic N) is 4. The fourth-order valence-electron chi connectivity index (χ4n) is 3.59. The van der Waals surface area contributed by atoms with Crippen molar-refractivity contribution in [3.63, 3.8) is 0 Å².